The van der Waals surface area contributed by atoms with Crippen LogP contribution in [0, 0.1) is 12.7 Å². The van der Waals surface area contributed by atoms with E-state index < -0.39 is 0 Å². The number of carbonyl (C=O) groups is 2. The van der Waals surface area contributed by atoms with Crippen LogP contribution in [-0.4, -0.2) is 65.5 Å². The minimum absolute atomic E-state index is 0.0241. The van der Waals surface area contributed by atoms with Gasteiger partial charge in [0.15, 0.2) is 5.13 Å². The molecule has 2 aromatic rings. The topological polar surface area (TPSA) is 77.6 Å². The van der Waals surface area contributed by atoms with E-state index >= 15 is 0 Å². The Kier molecular flexibility index (Phi) is 7.97. The minimum atomic E-state index is -0.216. The molecule has 3 rings (SSSR count). The van der Waals surface area contributed by atoms with Gasteiger partial charge in [0.25, 0.3) is 0 Å². The average molecular weight is 448 g/mol. The van der Waals surface area contributed by atoms with Crippen LogP contribution >= 0.6 is 11.3 Å². The van der Waals surface area contributed by atoms with Gasteiger partial charge in [-0.3, -0.25) is 15.0 Å². The zero-order chi connectivity index (χ0) is 22.4. The van der Waals surface area contributed by atoms with Crippen LogP contribution in [0.1, 0.15) is 36.3 Å². The second kappa shape index (κ2) is 10.7. The van der Waals surface area contributed by atoms with Crippen LogP contribution in [0.25, 0.3) is 0 Å². The molecule has 0 bridgehead atoms. The number of carbonyl (C=O) groups excluding carboxylic acids is 2. The van der Waals surface area contributed by atoms with E-state index in [0.717, 1.165) is 16.9 Å². The Hall–Kier alpha value is -2.52. The lowest BCUT2D eigenvalue weighted by Gasteiger charge is -2.34. The van der Waals surface area contributed by atoms with Crippen LogP contribution in [0.5, 0.6) is 0 Å². The van der Waals surface area contributed by atoms with Gasteiger partial charge in [0.1, 0.15) is 5.82 Å². The van der Waals surface area contributed by atoms with Crippen molar-refractivity contribution in [2.45, 2.75) is 39.7 Å². The molecule has 1 atom stereocenters. The van der Waals surface area contributed by atoms with E-state index in [1.807, 2.05) is 19.9 Å². The molecule has 1 saturated heterocycles. The van der Waals surface area contributed by atoms with E-state index in [1.54, 1.807) is 24.1 Å². The third-order valence-electron chi connectivity index (χ3n) is 5.43. The molecule has 1 aromatic heterocycles. The van der Waals surface area contributed by atoms with Gasteiger partial charge in [-0.2, -0.15) is 0 Å². The first-order valence-electron chi connectivity index (χ1n) is 10.6. The Balaban J connectivity index is 1.45. The van der Waals surface area contributed by atoms with Crippen LogP contribution in [-0.2, 0) is 11.2 Å². The van der Waals surface area contributed by atoms with Gasteiger partial charge in [-0.1, -0.05) is 19.1 Å². The smallest absolute Gasteiger partial charge is 0.323 e. The summed E-state index contributed by atoms with van der Waals surface area (Å²) >= 11 is 1.39. The first-order valence-corrected chi connectivity index (χ1v) is 11.4. The number of benzene rings is 1. The van der Waals surface area contributed by atoms with E-state index in [0.29, 0.717) is 49.8 Å². The quantitative estimate of drug-likeness (QED) is 0.683. The number of amides is 3. The number of urea groups is 1. The highest BCUT2D eigenvalue weighted by Crippen LogP contribution is 2.22. The standard InChI is InChI=1S/C22H30FN5O2S/c1-4-16(3)25-20(29)14-27-7-9-28(10-8-27)22(30)26-21-24-13-18(31-21)11-17-6-5-15(2)19(23)12-17/h5-6,12-13,16H,4,7-11,14H2,1-3H3,(H,25,29)(H,24,26,30). The molecule has 1 unspecified atom stereocenters. The third kappa shape index (κ3) is 6.73. The van der Waals surface area contributed by atoms with Crippen molar-refractivity contribution >= 4 is 28.4 Å². The molecule has 1 aliphatic heterocycles. The van der Waals surface area contributed by atoms with Gasteiger partial charge in [-0.25, -0.2) is 14.2 Å². The van der Waals surface area contributed by atoms with E-state index in [1.165, 1.54) is 17.4 Å². The SMILES string of the molecule is CCC(C)NC(=O)CN1CCN(C(=O)Nc2ncc(Cc3ccc(C)c(F)c3)s2)CC1. The number of nitrogens with one attached hydrogen (secondary N) is 2. The molecule has 7 nitrogen and oxygen atoms in total. The summed E-state index contributed by atoms with van der Waals surface area (Å²) in [6.07, 6.45) is 3.19. The summed E-state index contributed by atoms with van der Waals surface area (Å²) in [4.78, 5) is 33.6. The molecular weight excluding hydrogens is 417 g/mol. The normalized spacial score (nSPS) is 15.5. The van der Waals surface area contributed by atoms with Crippen molar-refractivity contribution in [1.29, 1.82) is 0 Å². The highest BCUT2D eigenvalue weighted by molar-refractivity contribution is 7.15. The van der Waals surface area contributed by atoms with E-state index in [2.05, 4.69) is 20.5 Å². The Morgan fingerprint density at radius 2 is 2.00 bits per heavy atom. The van der Waals surface area contributed by atoms with Gasteiger partial charge < -0.3 is 10.2 Å². The molecule has 1 fully saturated rings. The summed E-state index contributed by atoms with van der Waals surface area (Å²) in [6.45, 7) is 8.55. The Labute approximate surface area is 186 Å². The molecule has 0 radical (unpaired) electrons. The lowest BCUT2D eigenvalue weighted by Crippen LogP contribution is -2.52. The van der Waals surface area contributed by atoms with Gasteiger partial charge in [-0.15, -0.1) is 11.3 Å². The van der Waals surface area contributed by atoms with Gasteiger partial charge >= 0.3 is 6.03 Å². The predicted octanol–water partition coefficient (Wildman–Crippen LogP) is 3.25. The molecule has 3 amide bonds. The molecule has 2 heterocycles. The van der Waals surface area contributed by atoms with E-state index in [4.69, 9.17) is 0 Å². The first kappa shape index (κ1) is 23.1. The number of piperazine rings is 1. The summed E-state index contributed by atoms with van der Waals surface area (Å²) in [6, 6.07) is 5.19. The zero-order valence-corrected chi connectivity index (χ0v) is 19.1. The second-order valence-electron chi connectivity index (χ2n) is 7.96. The molecule has 9 heteroatoms. The van der Waals surface area contributed by atoms with Crippen molar-refractivity contribution in [3.8, 4) is 0 Å². The maximum Gasteiger partial charge on any atom is 0.323 e. The third-order valence-corrected chi connectivity index (χ3v) is 6.34. The second-order valence-corrected chi connectivity index (χ2v) is 9.08. The number of thiazole rings is 1. The van der Waals surface area contributed by atoms with Crippen LogP contribution in [0.2, 0.25) is 0 Å². The highest BCUT2D eigenvalue weighted by Gasteiger charge is 2.23. The zero-order valence-electron chi connectivity index (χ0n) is 18.3. The largest absolute Gasteiger partial charge is 0.353 e. The molecular formula is C22H30FN5O2S. The lowest BCUT2D eigenvalue weighted by atomic mass is 10.1. The van der Waals surface area contributed by atoms with Gasteiger partial charge in [0.2, 0.25) is 5.91 Å². The number of aromatic nitrogens is 1. The van der Waals surface area contributed by atoms with Crippen molar-refractivity contribution in [1.82, 2.24) is 20.1 Å². The number of rotatable bonds is 7. The number of hydrogen-bond donors (Lipinski definition) is 2. The molecule has 2 N–H and O–H groups in total. The first-order chi connectivity index (χ1) is 14.8. The van der Waals surface area contributed by atoms with Crippen molar-refractivity contribution < 1.29 is 14.0 Å². The summed E-state index contributed by atoms with van der Waals surface area (Å²) in [5.74, 6) is -0.192. The van der Waals surface area contributed by atoms with Crippen LogP contribution in [0.15, 0.2) is 24.4 Å². The fourth-order valence-electron chi connectivity index (χ4n) is 3.30. The number of halogens is 1. The van der Waals surface area contributed by atoms with Gasteiger partial charge in [-0.05, 0) is 37.5 Å². The van der Waals surface area contributed by atoms with E-state index in [9.17, 15) is 14.0 Å². The molecule has 0 saturated carbocycles. The Bertz CT molecular complexity index is 911. The van der Waals surface area contributed by atoms with Crippen LogP contribution in [0.4, 0.5) is 14.3 Å². The molecule has 0 spiro atoms. The highest BCUT2D eigenvalue weighted by atomic mass is 32.1. The lowest BCUT2D eigenvalue weighted by molar-refractivity contribution is -0.123. The number of anilines is 1. The maximum absolute atomic E-state index is 13.7. The number of hydrogen-bond acceptors (Lipinski definition) is 5. The van der Waals surface area contributed by atoms with Crippen molar-refractivity contribution in [3.63, 3.8) is 0 Å². The van der Waals surface area contributed by atoms with Crippen molar-refractivity contribution in [2.75, 3.05) is 38.0 Å². The number of aryl methyl sites for hydroxylation is 1. The fourth-order valence-corrected chi connectivity index (χ4v) is 4.14. The maximum atomic E-state index is 13.7. The van der Waals surface area contributed by atoms with Gasteiger partial charge in [0, 0.05) is 49.7 Å². The predicted molar refractivity (Wildman–Crippen MR) is 121 cm³/mol. The Morgan fingerprint density at radius 1 is 1.26 bits per heavy atom. The summed E-state index contributed by atoms with van der Waals surface area (Å²) in [5.41, 5.74) is 1.50. The molecule has 1 aliphatic rings. The number of nitrogens with zero attached hydrogens (tertiary/aromatic N) is 3. The summed E-state index contributed by atoms with van der Waals surface area (Å²) < 4.78 is 13.7. The van der Waals surface area contributed by atoms with Gasteiger partial charge in [0.05, 0.1) is 6.54 Å². The van der Waals surface area contributed by atoms with Crippen LogP contribution in [0.3, 0.4) is 0 Å². The molecule has 1 aromatic carbocycles. The monoisotopic (exact) mass is 447 g/mol. The fraction of sp³-hybridized carbons (Fsp3) is 0.500. The molecule has 0 aliphatic carbocycles. The van der Waals surface area contributed by atoms with E-state index in [-0.39, 0.29) is 23.8 Å². The molecule has 31 heavy (non-hydrogen) atoms. The average Bonchev–Trinajstić information content (AvgIpc) is 3.17. The van der Waals surface area contributed by atoms with Crippen molar-refractivity contribution in [2.24, 2.45) is 0 Å². The Morgan fingerprint density at radius 3 is 2.68 bits per heavy atom. The summed E-state index contributed by atoms with van der Waals surface area (Å²) in [7, 11) is 0. The van der Waals surface area contributed by atoms with Crippen molar-refractivity contribution in [3.05, 3.63) is 46.2 Å². The summed E-state index contributed by atoms with van der Waals surface area (Å²) in [5, 5.41) is 6.35. The minimum Gasteiger partial charge on any atom is -0.353 e. The molecule has 168 valence electrons. The van der Waals surface area contributed by atoms with Crippen LogP contribution < -0.4 is 10.6 Å².